The molecule has 0 spiro atoms. The minimum Gasteiger partial charge on any atom is -0.387 e. The molecule has 0 radical (unpaired) electrons. The summed E-state index contributed by atoms with van der Waals surface area (Å²) in [4.78, 5) is 20.4. The van der Waals surface area contributed by atoms with E-state index in [1.54, 1.807) is 0 Å². The van der Waals surface area contributed by atoms with E-state index in [1.165, 1.54) is 5.69 Å². The topological polar surface area (TPSA) is 53.9 Å². The van der Waals surface area contributed by atoms with Gasteiger partial charge in [0.1, 0.15) is 5.71 Å². The molecule has 1 saturated heterocycles. The number of carbonyl (C=O) groups excluding carboxylic acids is 1. The summed E-state index contributed by atoms with van der Waals surface area (Å²) >= 11 is 0. The number of hydrogen-bond acceptors (Lipinski definition) is 4. The van der Waals surface area contributed by atoms with Crippen molar-refractivity contribution in [1.82, 2.24) is 5.32 Å². The van der Waals surface area contributed by atoms with Gasteiger partial charge in [0, 0.05) is 31.2 Å². The lowest BCUT2D eigenvalue weighted by Crippen LogP contribution is -2.49. The van der Waals surface area contributed by atoms with E-state index in [0.717, 1.165) is 31.5 Å². The molecule has 0 saturated carbocycles. The fourth-order valence-corrected chi connectivity index (χ4v) is 3.59. The predicted molar refractivity (Wildman–Crippen MR) is 102 cm³/mol. The molecule has 2 unspecified atom stereocenters. The molecule has 2 aliphatic heterocycles. The molecule has 2 aliphatic rings. The van der Waals surface area contributed by atoms with Crippen LogP contribution in [-0.4, -0.2) is 30.8 Å². The molecule has 1 N–H and O–H groups in total. The number of hydrogen-bond donors (Lipinski definition) is 1. The lowest BCUT2D eigenvalue weighted by molar-refractivity contribution is -0.115. The van der Waals surface area contributed by atoms with E-state index >= 15 is 0 Å². The highest BCUT2D eigenvalue weighted by Crippen LogP contribution is 2.27. The Morgan fingerprint density at radius 3 is 2.58 bits per heavy atom. The molecule has 2 aromatic carbocycles. The third-order valence-electron chi connectivity index (χ3n) is 4.98. The first-order valence-corrected chi connectivity index (χ1v) is 9.18. The Bertz CT molecular complexity index is 776. The molecule has 26 heavy (non-hydrogen) atoms. The quantitative estimate of drug-likeness (QED) is 0.921. The Kier molecular flexibility index (Phi) is 4.86. The molecular weight excluding hydrogens is 326 g/mol. The van der Waals surface area contributed by atoms with Crippen LogP contribution in [0.4, 0.5) is 5.69 Å². The van der Waals surface area contributed by atoms with Gasteiger partial charge in [0.2, 0.25) is 0 Å². The highest BCUT2D eigenvalue weighted by molar-refractivity contribution is 6.39. The van der Waals surface area contributed by atoms with Gasteiger partial charge in [-0.05, 0) is 30.5 Å². The van der Waals surface area contributed by atoms with Crippen molar-refractivity contribution in [2.45, 2.75) is 31.4 Å². The monoisotopic (exact) mass is 349 g/mol. The summed E-state index contributed by atoms with van der Waals surface area (Å²) in [6.45, 7) is 1.85. The molecule has 2 heterocycles. The number of oxime groups is 1. The molecule has 1 fully saturated rings. The largest absolute Gasteiger partial charge is 0.387 e. The normalized spacial score (nSPS) is 22.5. The average molecular weight is 349 g/mol. The number of benzene rings is 2. The average Bonchev–Trinajstić information content (AvgIpc) is 3.20. The molecule has 4 rings (SSSR count). The van der Waals surface area contributed by atoms with Gasteiger partial charge >= 0.3 is 0 Å². The number of piperidine rings is 1. The summed E-state index contributed by atoms with van der Waals surface area (Å²) in [5.41, 5.74) is 2.74. The van der Waals surface area contributed by atoms with Crippen LogP contribution in [-0.2, 0) is 9.63 Å². The number of nitrogens with zero attached hydrogens (tertiary/aromatic N) is 2. The summed E-state index contributed by atoms with van der Waals surface area (Å²) in [6.07, 6.45) is 2.41. The SMILES string of the molecule is O=C(NC1CCCN(c2ccccc2)C1)C1=NOC(c2ccccc2)C1. The first-order valence-electron chi connectivity index (χ1n) is 9.18. The van der Waals surface area contributed by atoms with Gasteiger partial charge in [-0.1, -0.05) is 53.7 Å². The zero-order valence-electron chi connectivity index (χ0n) is 14.7. The number of amides is 1. The van der Waals surface area contributed by atoms with E-state index < -0.39 is 0 Å². The number of para-hydroxylation sites is 1. The maximum Gasteiger partial charge on any atom is 0.269 e. The molecule has 2 atom stereocenters. The van der Waals surface area contributed by atoms with Crippen LogP contribution in [0.25, 0.3) is 0 Å². The minimum atomic E-state index is -0.163. The van der Waals surface area contributed by atoms with Crippen LogP contribution < -0.4 is 10.2 Å². The van der Waals surface area contributed by atoms with Crippen LogP contribution in [0.1, 0.15) is 30.9 Å². The van der Waals surface area contributed by atoms with Crippen LogP contribution >= 0.6 is 0 Å². The highest BCUT2D eigenvalue weighted by atomic mass is 16.6. The van der Waals surface area contributed by atoms with Crippen molar-refractivity contribution < 1.29 is 9.63 Å². The van der Waals surface area contributed by atoms with Crippen LogP contribution in [0.3, 0.4) is 0 Å². The van der Waals surface area contributed by atoms with E-state index in [0.29, 0.717) is 12.1 Å². The lowest BCUT2D eigenvalue weighted by Gasteiger charge is -2.34. The van der Waals surface area contributed by atoms with E-state index in [9.17, 15) is 4.79 Å². The molecule has 5 nitrogen and oxygen atoms in total. The fraction of sp³-hybridized carbons (Fsp3) is 0.333. The molecular formula is C21H23N3O2. The Balaban J connectivity index is 1.33. The van der Waals surface area contributed by atoms with Crippen molar-refractivity contribution in [3.8, 4) is 0 Å². The second-order valence-corrected chi connectivity index (χ2v) is 6.84. The Morgan fingerprint density at radius 1 is 1.08 bits per heavy atom. The smallest absolute Gasteiger partial charge is 0.269 e. The fourth-order valence-electron chi connectivity index (χ4n) is 3.59. The molecule has 0 bridgehead atoms. The first kappa shape index (κ1) is 16.6. The first-order chi connectivity index (χ1) is 12.8. The third-order valence-corrected chi connectivity index (χ3v) is 4.98. The van der Waals surface area contributed by atoms with Crippen LogP contribution in [0.2, 0.25) is 0 Å². The van der Waals surface area contributed by atoms with E-state index in [2.05, 4.69) is 27.5 Å². The zero-order chi connectivity index (χ0) is 17.8. The standard InChI is InChI=1S/C21H23N3O2/c25-21(19-14-20(26-23-19)16-8-3-1-4-9-16)22-17-10-7-13-24(15-17)18-11-5-2-6-12-18/h1-6,8-9,11-12,17,20H,7,10,13-15H2,(H,22,25). The molecule has 5 heteroatoms. The van der Waals surface area contributed by atoms with Gasteiger partial charge in [-0.25, -0.2) is 0 Å². The zero-order valence-corrected chi connectivity index (χ0v) is 14.7. The Labute approximate surface area is 153 Å². The van der Waals surface area contributed by atoms with Crippen molar-refractivity contribution >= 4 is 17.3 Å². The maximum absolute atomic E-state index is 12.6. The van der Waals surface area contributed by atoms with Crippen LogP contribution in [0.15, 0.2) is 65.8 Å². The van der Waals surface area contributed by atoms with Crippen LogP contribution in [0, 0.1) is 0 Å². The summed E-state index contributed by atoms with van der Waals surface area (Å²) in [7, 11) is 0. The third kappa shape index (κ3) is 3.72. The number of anilines is 1. The van der Waals surface area contributed by atoms with Crippen molar-refractivity contribution in [1.29, 1.82) is 0 Å². The van der Waals surface area contributed by atoms with Crippen molar-refractivity contribution in [2.24, 2.45) is 5.16 Å². The Hall–Kier alpha value is -2.82. The predicted octanol–water partition coefficient (Wildman–Crippen LogP) is 3.29. The number of rotatable bonds is 4. The van der Waals surface area contributed by atoms with Gasteiger partial charge in [-0.15, -0.1) is 0 Å². The summed E-state index contributed by atoms with van der Waals surface area (Å²) < 4.78 is 0. The molecule has 0 aromatic heterocycles. The van der Waals surface area contributed by atoms with E-state index in [-0.39, 0.29) is 18.1 Å². The second-order valence-electron chi connectivity index (χ2n) is 6.84. The van der Waals surface area contributed by atoms with Gasteiger partial charge in [-0.2, -0.15) is 0 Å². The van der Waals surface area contributed by atoms with Crippen molar-refractivity contribution in [3.05, 3.63) is 66.2 Å². The van der Waals surface area contributed by atoms with Gasteiger partial charge in [0.25, 0.3) is 5.91 Å². The Morgan fingerprint density at radius 2 is 1.81 bits per heavy atom. The number of carbonyl (C=O) groups is 1. The summed E-state index contributed by atoms with van der Waals surface area (Å²) in [5, 5.41) is 7.17. The summed E-state index contributed by atoms with van der Waals surface area (Å²) in [5.74, 6) is -0.108. The van der Waals surface area contributed by atoms with Gasteiger partial charge in [0.05, 0.1) is 0 Å². The molecule has 2 aromatic rings. The maximum atomic E-state index is 12.6. The molecule has 1 amide bonds. The van der Waals surface area contributed by atoms with Crippen molar-refractivity contribution in [3.63, 3.8) is 0 Å². The van der Waals surface area contributed by atoms with Crippen molar-refractivity contribution in [2.75, 3.05) is 18.0 Å². The second kappa shape index (κ2) is 7.60. The highest BCUT2D eigenvalue weighted by Gasteiger charge is 2.29. The minimum absolute atomic E-state index is 0.108. The van der Waals surface area contributed by atoms with Gasteiger partial charge in [0.15, 0.2) is 6.10 Å². The van der Waals surface area contributed by atoms with E-state index in [4.69, 9.17) is 4.84 Å². The summed E-state index contributed by atoms with van der Waals surface area (Å²) in [6, 6.07) is 20.4. The lowest BCUT2D eigenvalue weighted by atomic mass is 10.0. The molecule has 134 valence electrons. The van der Waals surface area contributed by atoms with Gasteiger partial charge < -0.3 is 15.1 Å². The van der Waals surface area contributed by atoms with E-state index in [1.807, 2.05) is 48.5 Å². The van der Waals surface area contributed by atoms with Crippen LogP contribution in [0.5, 0.6) is 0 Å². The van der Waals surface area contributed by atoms with Gasteiger partial charge in [-0.3, -0.25) is 4.79 Å². The molecule has 0 aliphatic carbocycles. The number of nitrogens with one attached hydrogen (secondary N) is 1.